The SMILES string of the molecule is CCOC(=O)C1CCCCN1C(=O)CN(CC)C1CCCCC1. The molecule has 1 aliphatic carbocycles. The second-order valence-corrected chi connectivity index (χ2v) is 6.71. The predicted octanol–water partition coefficient (Wildman–Crippen LogP) is 2.59. The quantitative estimate of drug-likeness (QED) is 0.705. The first-order chi connectivity index (χ1) is 11.2. The van der Waals surface area contributed by atoms with Crippen LogP contribution in [0.2, 0.25) is 0 Å². The van der Waals surface area contributed by atoms with Gasteiger partial charge in [0.05, 0.1) is 13.2 Å². The molecule has 2 fully saturated rings. The summed E-state index contributed by atoms with van der Waals surface area (Å²) >= 11 is 0. The number of nitrogens with zero attached hydrogens (tertiary/aromatic N) is 2. The zero-order valence-corrected chi connectivity index (χ0v) is 14.8. The second-order valence-electron chi connectivity index (χ2n) is 6.71. The molecule has 23 heavy (non-hydrogen) atoms. The summed E-state index contributed by atoms with van der Waals surface area (Å²) in [6, 6.07) is 0.157. The lowest BCUT2D eigenvalue weighted by Gasteiger charge is -2.38. The first kappa shape index (κ1) is 18.2. The summed E-state index contributed by atoms with van der Waals surface area (Å²) in [7, 11) is 0. The highest BCUT2D eigenvalue weighted by Crippen LogP contribution is 2.23. The van der Waals surface area contributed by atoms with Gasteiger partial charge in [0.25, 0.3) is 0 Å². The molecule has 1 amide bonds. The standard InChI is InChI=1S/C18H32N2O3/c1-3-19(15-10-6-5-7-11-15)14-17(21)20-13-9-8-12-16(20)18(22)23-4-2/h15-16H,3-14H2,1-2H3. The van der Waals surface area contributed by atoms with Gasteiger partial charge in [-0.1, -0.05) is 26.2 Å². The van der Waals surface area contributed by atoms with Crippen molar-refractivity contribution >= 4 is 11.9 Å². The Morgan fingerprint density at radius 3 is 2.39 bits per heavy atom. The fraction of sp³-hybridized carbons (Fsp3) is 0.889. The van der Waals surface area contributed by atoms with Gasteiger partial charge in [0.1, 0.15) is 6.04 Å². The molecule has 0 N–H and O–H groups in total. The number of hydrogen-bond acceptors (Lipinski definition) is 4. The number of esters is 1. The Bertz CT molecular complexity index is 394. The molecule has 1 saturated carbocycles. The highest BCUT2D eigenvalue weighted by Gasteiger charge is 2.34. The summed E-state index contributed by atoms with van der Waals surface area (Å²) in [5, 5.41) is 0. The van der Waals surface area contributed by atoms with Crippen LogP contribution in [0.15, 0.2) is 0 Å². The minimum absolute atomic E-state index is 0.0928. The van der Waals surface area contributed by atoms with E-state index in [2.05, 4.69) is 11.8 Å². The van der Waals surface area contributed by atoms with Gasteiger partial charge in [0, 0.05) is 12.6 Å². The average molecular weight is 324 g/mol. The van der Waals surface area contributed by atoms with Crippen molar-refractivity contribution in [2.45, 2.75) is 77.3 Å². The van der Waals surface area contributed by atoms with Gasteiger partial charge < -0.3 is 9.64 Å². The van der Waals surface area contributed by atoms with Crippen LogP contribution < -0.4 is 0 Å². The molecule has 0 spiro atoms. The second kappa shape index (κ2) is 9.26. The fourth-order valence-electron chi connectivity index (χ4n) is 3.92. The molecule has 1 heterocycles. The number of hydrogen-bond donors (Lipinski definition) is 0. The van der Waals surface area contributed by atoms with Crippen LogP contribution in [0.5, 0.6) is 0 Å². The number of carbonyl (C=O) groups excluding carboxylic acids is 2. The largest absolute Gasteiger partial charge is 0.464 e. The highest BCUT2D eigenvalue weighted by atomic mass is 16.5. The van der Waals surface area contributed by atoms with Crippen LogP contribution in [0.3, 0.4) is 0 Å². The van der Waals surface area contributed by atoms with Gasteiger partial charge in [-0.25, -0.2) is 4.79 Å². The molecule has 1 atom stereocenters. The molecule has 1 saturated heterocycles. The van der Waals surface area contributed by atoms with E-state index in [4.69, 9.17) is 4.74 Å². The lowest BCUT2D eigenvalue weighted by Crippen LogP contribution is -2.53. The third kappa shape index (κ3) is 4.93. The van der Waals surface area contributed by atoms with Crippen molar-refractivity contribution < 1.29 is 14.3 Å². The highest BCUT2D eigenvalue weighted by molar-refractivity contribution is 5.85. The number of likely N-dealkylation sites (N-methyl/N-ethyl adjacent to an activating group) is 1. The lowest BCUT2D eigenvalue weighted by atomic mass is 9.94. The molecule has 2 rings (SSSR count). The van der Waals surface area contributed by atoms with Crippen molar-refractivity contribution in [2.75, 3.05) is 26.2 Å². The summed E-state index contributed by atoms with van der Waals surface area (Å²) in [6.07, 6.45) is 8.96. The van der Waals surface area contributed by atoms with Gasteiger partial charge in [-0.3, -0.25) is 9.69 Å². The summed E-state index contributed by atoms with van der Waals surface area (Å²) < 4.78 is 5.16. The molecule has 5 heteroatoms. The van der Waals surface area contributed by atoms with Gasteiger partial charge >= 0.3 is 5.97 Å². The van der Waals surface area contributed by atoms with E-state index in [1.165, 1.54) is 32.1 Å². The monoisotopic (exact) mass is 324 g/mol. The van der Waals surface area contributed by atoms with Crippen molar-refractivity contribution in [1.82, 2.24) is 9.80 Å². The van der Waals surface area contributed by atoms with Crippen LogP contribution in [0.25, 0.3) is 0 Å². The molecular weight excluding hydrogens is 292 g/mol. The molecule has 1 aliphatic heterocycles. The van der Waals surface area contributed by atoms with Crippen molar-refractivity contribution in [1.29, 1.82) is 0 Å². The molecule has 5 nitrogen and oxygen atoms in total. The molecule has 0 aromatic carbocycles. The van der Waals surface area contributed by atoms with E-state index in [0.717, 1.165) is 25.8 Å². The van der Waals surface area contributed by atoms with E-state index >= 15 is 0 Å². The van der Waals surface area contributed by atoms with Crippen LogP contribution >= 0.6 is 0 Å². The summed E-state index contributed by atoms with van der Waals surface area (Å²) in [5.74, 6) is -0.142. The van der Waals surface area contributed by atoms with E-state index in [1.54, 1.807) is 4.90 Å². The van der Waals surface area contributed by atoms with E-state index in [0.29, 0.717) is 25.7 Å². The maximum Gasteiger partial charge on any atom is 0.328 e. The zero-order chi connectivity index (χ0) is 16.7. The summed E-state index contributed by atoms with van der Waals surface area (Å²) in [6.45, 7) is 6.34. The summed E-state index contributed by atoms with van der Waals surface area (Å²) in [4.78, 5) is 29.0. The Morgan fingerprint density at radius 2 is 1.74 bits per heavy atom. The van der Waals surface area contributed by atoms with Gasteiger partial charge in [-0.15, -0.1) is 0 Å². The molecule has 2 aliphatic rings. The van der Waals surface area contributed by atoms with E-state index < -0.39 is 0 Å². The number of likely N-dealkylation sites (tertiary alicyclic amines) is 1. The maximum absolute atomic E-state index is 12.8. The van der Waals surface area contributed by atoms with Crippen molar-refractivity contribution in [3.63, 3.8) is 0 Å². The van der Waals surface area contributed by atoms with E-state index in [9.17, 15) is 9.59 Å². The molecule has 1 unspecified atom stereocenters. The fourth-order valence-corrected chi connectivity index (χ4v) is 3.92. The van der Waals surface area contributed by atoms with Crippen LogP contribution in [-0.2, 0) is 14.3 Å². The third-order valence-electron chi connectivity index (χ3n) is 5.22. The Hall–Kier alpha value is -1.10. The van der Waals surface area contributed by atoms with E-state index in [-0.39, 0.29) is 17.9 Å². The Labute approximate surface area is 140 Å². The predicted molar refractivity (Wildman–Crippen MR) is 90.1 cm³/mol. The Balaban J connectivity index is 1.96. The topological polar surface area (TPSA) is 49.9 Å². The van der Waals surface area contributed by atoms with Crippen LogP contribution in [-0.4, -0.2) is 60.0 Å². The van der Waals surface area contributed by atoms with Gasteiger partial charge in [-0.2, -0.15) is 0 Å². The number of amides is 1. The first-order valence-electron chi connectivity index (χ1n) is 9.37. The minimum Gasteiger partial charge on any atom is -0.464 e. The maximum atomic E-state index is 12.8. The minimum atomic E-state index is -0.374. The van der Waals surface area contributed by atoms with Crippen LogP contribution in [0, 0.1) is 0 Å². The van der Waals surface area contributed by atoms with Gasteiger partial charge in [0.2, 0.25) is 5.91 Å². The molecule has 0 aromatic heterocycles. The molecule has 132 valence electrons. The first-order valence-corrected chi connectivity index (χ1v) is 9.37. The number of carbonyl (C=O) groups is 2. The number of ether oxygens (including phenoxy) is 1. The average Bonchev–Trinajstić information content (AvgIpc) is 2.60. The zero-order valence-electron chi connectivity index (χ0n) is 14.8. The number of piperidine rings is 1. The van der Waals surface area contributed by atoms with Crippen molar-refractivity contribution in [3.05, 3.63) is 0 Å². The molecule has 0 aromatic rings. The lowest BCUT2D eigenvalue weighted by molar-refractivity contribution is -0.157. The van der Waals surface area contributed by atoms with E-state index in [1.807, 2.05) is 6.92 Å². The smallest absolute Gasteiger partial charge is 0.328 e. The van der Waals surface area contributed by atoms with Crippen molar-refractivity contribution in [2.24, 2.45) is 0 Å². The molecular formula is C18H32N2O3. The third-order valence-corrected chi connectivity index (χ3v) is 5.22. The molecule has 0 bridgehead atoms. The van der Waals surface area contributed by atoms with Crippen LogP contribution in [0.4, 0.5) is 0 Å². The Morgan fingerprint density at radius 1 is 1.04 bits per heavy atom. The normalized spacial score (nSPS) is 23.1. The summed E-state index contributed by atoms with van der Waals surface area (Å²) in [5.41, 5.74) is 0. The van der Waals surface area contributed by atoms with Crippen molar-refractivity contribution in [3.8, 4) is 0 Å². The van der Waals surface area contributed by atoms with Crippen LogP contribution in [0.1, 0.15) is 65.2 Å². The Kier molecular flexibility index (Phi) is 7.34. The van der Waals surface area contributed by atoms with Gasteiger partial charge in [-0.05, 0) is 45.6 Å². The van der Waals surface area contributed by atoms with Gasteiger partial charge in [0.15, 0.2) is 0 Å². The molecule has 0 radical (unpaired) electrons. The number of rotatable bonds is 6.